The molecule has 0 atom stereocenters. The van der Waals surface area contributed by atoms with E-state index in [1.807, 2.05) is 24.3 Å². The molecular formula is C31H31N3O4. The second kappa shape index (κ2) is 10.9. The summed E-state index contributed by atoms with van der Waals surface area (Å²) in [6, 6.07) is 20.3. The number of phenols is 1. The Morgan fingerprint density at radius 1 is 0.868 bits per heavy atom. The fourth-order valence-corrected chi connectivity index (χ4v) is 4.87. The molecule has 1 aromatic heterocycles. The molecule has 0 amide bonds. The third kappa shape index (κ3) is 4.67. The number of carboxylic acid groups (broad SMARTS) is 1. The number of anilines is 1. The van der Waals surface area contributed by atoms with Crippen LogP contribution in [0.1, 0.15) is 49.9 Å². The number of azo groups is 1. The minimum absolute atomic E-state index is 0.0353. The van der Waals surface area contributed by atoms with Gasteiger partial charge in [-0.15, -0.1) is 10.2 Å². The fourth-order valence-electron chi connectivity index (χ4n) is 4.87. The molecule has 5 aromatic rings. The monoisotopic (exact) mass is 509 g/mol. The lowest BCUT2D eigenvalue weighted by Crippen LogP contribution is -2.25. The van der Waals surface area contributed by atoms with Crippen LogP contribution in [0, 0.1) is 0 Å². The Morgan fingerprint density at radius 3 is 2.26 bits per heavy atom. The van der Waals surface area contributed by atoms with Crippen LogP contribution < -0.4 is 4.90 Å². The lowest BCUT2D eigenvalue weighted by atomic mass is 10.0. The predicted octanol–water partition coefficient (Wildman–Crippen LogP) is 8.97. The molecule has 38 heavy (non-hydrogen) atoms. The summed E-state index contributed by atoms with van der Waals surface area (Å²) in [5, 5.41) is 32.7. The molecule has 0 radical (unpaired) electrons. The van der Waals surface area contributed by atoms with E-state index in [0.717, 1.165) is 60.6 Å². The zero-order valence-electron chi connectivity index (χ0n) is 21.6. The molecule has 0 aliphatic heterocycles. The number of phenolic OH excluding ortho intramolecular Hbond substituents is 1. The first-order chi connectivity index (χ1) is 18.5. The highest BCUT2D eigenvalue weighted by molar-refractivity contribution is 6.23. The summed E-state index contributed by atoms with van der Waals surface area (Å²) < 4.78 is 6.27. The van der Waals surface area contributed by atoms with E-state index in [1.54, 1.807) is 18.2 Å². The zero-order chi connectivity index (χ0) is 26.6. The maximum absolute atomic E-state index is 11.6. The van der Waals surface area contributed by atoms with Gasteiger partial charge in [-0.25, -0.2) is 4.79 Å². The summed E-state index contributed by atoms with van der Waals surface area (Å²) in [7, 11) is 0. The largest absolute Gasteiger partial charge is 0.503 e. The molecule has 0 spiro atoms. The number of fused-ring (bicyclic) bond motifs is 5. The zero-order valence-corrected chi connectivity index (χ0v) is 21.6. The van der Waals surface area contributed by atoms with E-state index in [4.69, 9.17) is 4.42 Å². The van der Waals surface area contributed by atoms with Gasteiger partial charge in [0.2, 0.25) is 0 Å². The van der Waals surface area contributed by atoms with Gasteiger partial charge >= 0.3 is 5.97 Å². The van der Waals surface area contributed by atoms with Crippen molar-refractivity contribution in [2.24, 2.45) is 10.2 Å². The van der Waals surface area contributed by atoms with Crippen molar-refractivity contribution in [2.75, 3.05) is 18.0 Å². The van der Waals surface area contributed by atoms with Crippen molar-refractivity contribution in [1.82, 2.24) is 0 Å². The Bertz CT molecular complexity index is 1650. The van der Waals surface area contributed by atoms with Crippen LogP contribution in [0.15, 0.2) is 81.4 Å². The Hall–Kier alpha value is -4.39. The van der Waals surface area contributed by atoms with Crippen LogP contribution in [0.5, 0.6) is 5.75 Å². The Balaban J connectivity index is 1.67. The predicted molar refractivity (Wildman–Crippen MR) is 152 cm³/mol. The summed E-state index contributed by atoms with van der Waals surface area (Å²) in [6.07, 6.45) is 4.49. The number of hydrogen-bond donors (Lipinski definition) is 2. The van der Waals surface area contributed by atoms with E-state index >= 15 is 0 Å². The lowest BCUT2D eigenvalue weighted by molar-refractivity contribution is 0.0697. The molecule has 0 aliphatic rings. The van der Waals surface area contributed by atoms with E-state index in [-0.39, 0.29) is 22.7 Å². The van der Waals surface area contributed by atoms with Crippen LogP contribution in [0.2, 0.25) is 0 Å². The molecule has 1 heterocycles. The van der Waals surface area contributed by atoms with E-state index in [2.05, 4.69) is 47.2 Å². The maximum Gasteiger partial charge on any atom is 0.337 e. The average molecular weight is 510 g/mol. The van der Waals surface area contributed by atoms with E-state index < -0.39 is 5.97 Å². The molecule has 7 heteroatoms. The highest BCUT2D eigenvalue weighted by atomic mass is 16.4. The summed E-state index contributed by atoms with van der Waals surface area (Å²) in [6.45, 7) is 6.37. The molecule has 0 fully saturated rings. The van der Waals surface area contributed by atoms with E-state index in [1.165, 1.54) is 6.07 Å². The van der Waals surface area contributed by atoms with E-state index in [9.17, 15) is 15.0 Å². The minimum atomic E-state index is -1.09. The summed E-state index contributed by atoms with van der Waals surface area (Å²) >= 11 is 0. The van der Waals surface area contributed by atoms with Gasteiger partial charge in [-0.1, -0.05) is 63.1 Å². The molecular weight excluding hydrogens is 478 g/mol. The number of nitrogens with zero attached hydrogens (tertiary/aromatic N) is 3. The molecule has 4 aromatic carbocycles. The van der Waals surface area contributed by atoms with Crippen LogP contribution in [0.4, 0.5) is 17.1 Å². The van der Waals surface area contributed by atoms with Crippen LogP contribution in [-0.2, 0) is 0 Å². The second-order valence-electron chi connectivity index (χ2n) is 9.45. The van der Waals surface area contributed by atoms with Crippen LogP contribution in [0.3, 0.4) is 0 Å². The van der Waals surface area contributed by atoms with Crippen molar-refractivity contribution in [3.63, 3.8) is 0 Å². The number of benzene rings is 4. The number of carboxylic acids is 1. The number of aromatic carboxylic acids is 1. The molecule has 0 bridgehead atoms. The van der Waals surface area contributed by atoms with Gasteiger partial charge in [0.05, 0.1) is 5.56 Å². The maximum atomic E-state index is 11.6. The Kier molecular flexibility index (Phi) is 7.26. The standard InChI is InChI=1S/C31H31N3O4/c1-3-5-17-34(18-6-4-2)20-15-16-24-26(19-20)38-30-27(24)21-11-7-8-12-22(21)28(29(30)35)33-32-25-14-10-9-13-23(25)31(36)37/h7-16,19,35H,3-6,17-18H2,1-2H3,(H,36,37). The molecule has 2 N–H and O–H groups in total. The fraction of sp³-hybridized carbons (Fsp3) is 0.258. The number of rotatable bonds is 10. The first kappa shape index (κ1) is 25.3. The highest BCUT2D eigenvalue weighted by Crippen LogP contribution is 2.47. The topological polar surface area (TPSA) is 98.6 Å². The number of unbranched alkanes of at least 4 members (excludes halogenated alkanes) is 2. The normalized spacial score (nSPS) is 11.7. The third-order valence-electron chi connectivity index (χ3n) is 6.89. The lowest BCUT2D eigenvalue weighted by Gasteiger charge is -2.24. The van der Waals surface area contributed by atoms with Gasteiger partial charge in [0.1, 0.15) is 17.0 Å². The molecule has 0 saturated heterocycles. The summed E-state index contributed by atoms with van der Waals surface area (Å²) in [5.74, 6) is -1.22. The molecule has 194 valence electrons. The average Bonchev–Trinajstić information content (AvgIpc) is 3.32. The van der Waals surface area contributed by atoms with Crippen LogP contribution >= 0.6 is 0 Å². The summed E-state index contributed by atoms with van der Waals surface area (Å²) in [5.41, 5.74) is 2.61. The molecule has 0 unspecified atom stereocenters. The minimum Gasteiger partial charge on any atom is -0.503 e. The van der Waals surface area contributed by atoms with Gasteiger partial charge < -0.3 is 19.5 Å². The van der Waals surface area contributed by atoms with Crippen LogP contribution in [0.25, 0.3) is 32.7 Å². The van der Waals surface area contributed by atoms with E-state index in [0.29, 0.717) is 16.6 Å². The van der Waals surface area contributed by atoms with Crippen molar-refractivity contribution in [2.45, 2.75) is 39.5 Å². The van der Waals surface area contributed by atoms with Gasteiger partial charge in [-0.05, 0) is 42.5 Å². The molecule has 7 nitrogen and oxygen atoms in total. The van der Waals surface area contributed by atoms with Crippen LogP contribution in [-0.4, -0.2) is 29.3 Å². The van der Waals surface area contributed by atoms with Crippen molar-refractivity contribution in [3.05, 3.63) is 72.3 Å². The quantitative estimate of drug-likeness (QED) is 0.183. The Labute approximate surface area is 221 Å². The van der Waals surface area contributed by atoms with Crippen molar-refractivity contribution >= 4 is 55.7 Å². The SMILES string of the molecule is CCCCN(CCCC)c1ccc2c(c1)oc1c(O)c(N=Nc3ccccc3C(=O)O)c3ccccc3c12. The van der Waals surface area contributed by atoms with Crippen molar-refractivity contribution in [3.8, 4) is 5.75 Å². The van der Waals surface area contributed by atoms with Gasteiger partial charge in [0.15, 0.2) is 11.3 Å². The molecule has 0 saturated carbocycles. The van der Waals surface area contributed by atoms with Crippen molar-refractivity contribution < 1.29 is 19.4 Å². The van der Waals surface area contributed by atoms with Gasteiger partial charge in [0.25, 0.3) is 0 Å². The smallest absolute Gasteiger partial charge is 0.337 e. The third-order valence-corrected chi connectivity index (χ3v) is 6.89. The van der Waals surface area contributed by atoms with Gasteiger partial charge in [-0.3, -0.25) is 0 Å². The second-order valence-corrected chi connectivity index (χ2v) is 9.45. The number of hydrogen-bond acceptors (Lipinski definition) is 6. The molecule has 0 aliphatic carbocycles. The number of aromatic hydroxyl groups is 1. The van der Waals surface area contributed by atoms with Gasteiger partial charge in [-0.2, -0.15) is 0 Å². The highest BCUT2D eigenvalue weighted by Gasteiger charge is 2.21. The first-order valence-corrected chi connectivity index (χ1v) is 13.1. The van der Waals surface area contributed by atoms with Gasteiger partial charge in [0, 0.05) is 41.0 Å². The summed E-state index contributed by atoms with van der Waals surface area (Å²) in [4.78, 5) is 14.0. The number of carbonyl (C=O) groups is 1. The number of furan rings is 1. The van der Waals surface area contributed by atoms with Crippen molar-refractivity contribution in [1.29, 1.82) is 0 Å². The Morgan fingerprint density at radius 2 is 1.55 bits per heavy atom. The first-order valence-electron chi connectivity index (χ1n) is 13.1. The molecule has 5 rings (SSSR count).